The molecule has 1 aromatic heterocycles. The molecule has 1 atom stereocenters. The van der Waals surface area contributed by atoms with E-state index in [2.05, 4.69) is 5.32 Å². The largest absolute Gasteiger partial charge is 0.480 e. The van der Waals surface area contributed by atoms with Crippen molar-refractivity contribution in [2.24, 2.45) is 0 Å². The number of carbonyl (C=O) groups excluding carboxylic acids is 1. The molecular formula is C12H16N2O3S2. The molecule has 1 unspecified atom stereocenters. The van der Waals surface area contributed by atoms with Gasteiger partial charge in [-0.3, -0.25) is 0 Å². The number of nitrogens with zero attached hydrogens (tertiary/aromatic N) is 1. The van der Waals surface area contributed by atoms with Crippen LogP contribution >= 0.6 is 23.1 Å². The summed E-state index contributed by atoms with van der Waals surface area (Å²) in [6, 6.07) is -1.01. The van der Waals surface area contributed by atoms with Gasteiger partial charge < -0.3 is 15.3 Å². The zero-order valence-corrected chi connectivity index (χ0v) is 12.2. The lowest BCUT2D eigenvalue weighted by molar-refractivity contribution is -0.141. The van der Waals surface area contributed by atoms with Gasteiger partial charge in [-0.25, -0.2) is 9.59 Å². The van der Waals surface area contributed by atoms with Gasteiger partial charge in [0.05, 0.1) is 0 Å². The lowest BCUT2D eigenvalue weighted by Gasteiger charge is -2.32. The highest BCUT2D eigenvalue weighted by Crippen LogP contribution is 2.17. The molecule has 5 nitrogen and oxygen atoms in total. The minimum Gasteiger partial charge on any atom is -0.480 e. The second-order valence-corrected chi connectivity index (χ2v) is 6.25. The predicted octanol–water partition coefficient (Wildman–Crippen LogP) is 1.77. The summed E-state index contributed by atoms with van der Waals surface area (Å²) in [6.45, 7) is 2.93. The number of amides is 2. The highest BCUT2D eigenvalue weighted by Gasteiger charge is 2.32. The highest BCUT2D eigenvalue weighted by atomic mass is 32.2. The molecule has 7 heteroatoms. The lowest BCUT2D eigenvalue weighted by atomic mass is 10.2. The SMILES string of the molecule is Cc1cscc1CNC(=O)N1CCSCC1C(=O)O. The summed E-state index contributed by atoms with van der Waals surface area (Å²) >= 11 is 3.17. The van der Waals surface area contributed by atoms with Crippen LogP contribution in [0.3, 0.4) is 0 Å². The van der Waals surface area contributed by atoms with Gasteiger partial charge in [-0.1, -0.05) is 0 Å². The lowest BCUT2D eigenvalue weighted by Crippen LogP contribution is -2.53. The van der Waals surface area contributed by atoms with E-state index in [1.807, 2.05) is 17.7 Å². The van der Waals surface area contributed by atoms with Crippen LogP contribution in [0.25, 0.3) is 0 Å². The number of carboxylic acid groups (broad SMARTS) is 1. The van der Waals surface area contributed by atoms with Gasteiger partial charge in [0.1, 0.15) is 6.04 Å². The van der Waals surface area contributed by atoms with Crippen molar-refractivity contribution < 1.29 is 14.7 Å². The highest BCUT2D eigenvalue weighted by molar-refractivity contribution is 7.99. The number of nitrogens with one attached hydrogen (secondary N) is 1. The second kappa shape index (κ2) is 6.29. The van der Waals surface area contributed by atoms with E-state index in [1.54, 1.807) is 23.1 Å². The van der Waals surface area contributed by atoms with Crippen LogP contribution in [-0.2, 0) is 11.3 Å². The van der Waals surface area contributed by atoms with E-state index in [0.29, 0.717) is 18.8 Å². The van der Waals surface area contributed by atoms with Crippen LogP contribution < -0.4 is 5.32 Å². The quantitative estimate of drug-likeness (QED) is 0.892. The standard InChI is InChI=1S/C12H16N2O3S2/c1-8-5-19-6-9(8)4-13-12(17)14-2-3-18-7-10(14)11(15)16/h5-6,10H,2-4,7H2,1H3,(H,13,17)(H,15,16). The van der Waals surface area contributed by atoms with Crippen molar-refractivity contribution in [2.45, 2.75) is 19.5 Å². The Balaban J connectivity index is 1.94. The molecule has 1 aromatic rings. The smallest absolute Gasteiger partial charge is 0.327 e. The van der Waals surface area contributed by atoms with Crippen molar-refractivity contribution in [2.75, 3.05) is 18.1 Å². The molecule has 104 valence electrons. The summed E-state index contributed by atoms with van der Waals surface area (Å²) in [5, 5.41) is 15.9. The fourth-order valence-corrected chi connectivity index (χ4v) is 3.79. The number of hydrogen-bond acceptors (Lipinski definition) is 4. The van der Waals surface area contributed by atoms with Gasteiger partial charge in [-0.2, -0.15) is 23.1 Å². The number of rotatable bonds is 3. The van der Waals surface area contributed by atoms with Crippen LogP contribution in [-0.4, -0.2) is 46.1 Å². The van der Waals surface area contributed by atoms with Crippen LogP contribution in [0.2, 0.25) is 0 Å². The number of aryl methyl sites for hydroxylation is 1. The molecule has 0 aliphatic carbocycles. The molecular weight excluding hydrogens is 284 g/mol. The van der Waals surface area contributed by atoms with E-state index in [1.165, 1.54) is 4.90 Å². The third-order valence-electron chi connectivity index (χ3n) is 3.07. The molecule has 2 rings (SSSR count). The van der Waals surface area contributed by atoms with E-state index in [4.69, 9.17) is 5.11 Å². The van der Waals surface area contributed by atoms with Crippen molar-refractivity contribution in [3.8, 4) is 0 Å². The van der Waals surface area contributed by atoms with Crippen molar-refractivity contribution in [3.05, 3.63) is 21.9 Å². The molecule has 1 saturated heterocycles. The number of thioether (sulfide) groups is 1. The number of aliphatic carboxylic acids is 1. The van der Waals surface area contributed by atoms with Crippen LogP contribution in [0.5, 0.6) is 0 Å². The molecule has 1 aliphatic rings. The Kier molecular flexibility index (Phi) is 4.71. The maximum absolute atomic E-state index is 12.1. The molecule has 0 radical (unpaired) electrons. The molecule has 2 heterocycles. The minimum atomic E-state index is -0.936. The summed E-state index contributed by atoms with van der Waals surface area (Å²) in [5.41, 5.74) is 2.23. The normalized spacial score (nSPS) is 19.2. The molecule has 19 heavy (non-hydrogen) atoms. The van der Waals surface area contributed by atoms with Gasteiger partial charge in [0.15, 0.2) is 0 Å². The van der Waals surface area contributed by atoms with Crippen molar-refractivity contribution in [1.82, 2.24) is 10.2 Å². The first kappa shape index (κ1) is 14.2. The average Bonchev–Trinajstić information content (AvgIpc) is 2.81. The Hall–Kier alpha value is -1.21. The second-order valence-electron chi connectivity index (χ2n) is 4.36. The summed E-state index contributed by atoms with van der Waals surface area (Å²) in [7, 11) is 0. The number of hydrogen-bond donors (Lipinski definition) is 2. The maximum Gasteiger partial charge on any atom is 0.327 e. The zero-order chi connectivity index (χ0) is 13.8. The first-order chi connectivity index (χ1) is 9.09. The van der Waals surface area contributed by atoms with Gasteiger partial charge in [-0.15, -0.1) is 0 Å². The van der Waals surface area contributed by atoms with Gasteiger partial charge in [-0.05, 0) is 28.8 Å². The van der Waals surface area contributed by atoms with E-state index >= 15 is 0 Å². The van der Waals surface area contributed by atoms with Crippen LogP contribution in [0.4, 0.5) is 4.79 Å². The van der Waals surface area contributed by atoms with Crippen LogP contribution in [0, 0.1) is 6.92 Å². The molecule has 0 saturated carbocycles. The monoisotopic (exact) mass is 300 g/mol. The average molecular weight is 300 g/mol. The summed E-state index contributed by atoms with van der Waals surface area (Å²) in [6.07, 6.45) is 0. The van der Waals surface area contributed by atoms with Gasteiger partial charge in [0.25, 0.3) is 0 Å². The fourth-order valence-electron chi connectivity index (χ4n) is 1.89. The van der Waals surface area contributed by atoms with Crippen LogP contribution in [0.15, 0.2) is 10.8 Å². The molecule has 0 spiro atoms. The predicted molar refractivity (Wildman–Crippen MR) is 76.7 cm³/mol. The van der Waals surface area contributed by atoms with Crippen molar-refractivity contribution in [1.29, 1.82) is 0 Å². The number of urea groups is 1. The summed E-state index contributed by atoms with van der Waals surface area (Å²) in [4.78, 5) is 24.6. The van der Waals surface area contributed by atoms with Crippen LogP contribution in [0.1, 0.15) is 11.1 Å². The first-order valence-corrected chi connectivity index (χ1v) is 8.06. The van der Waals surface area contributed by atoms with Crippen molar-refractivity contribution in [3.63, 3.8) is 0 Å². The Morgan fingerprint density at radius 3 is 2.95 bits per heavy atom. The number of thiophene rings is 1. The Bertz CT molecular complexity index is 475. The molecule has 0 bridgehead atoms. The van der Waals surface area contributed by atoms with E-state index in [9.17, 15) is 9.59 Å². The van der Waals surface area contributed by atoms with Gasteiger partial charge >= 0.3 is 12.0 Å². The first-order valence-electron chi connectivity index (χ1n) is 5.96. The third-order valence-corrected chi connectivity index (χ3v) is 5.00. The zero-order valence-electron chi connectivity index (χ0n) is 10.6. The third kappa shape index (κ3) is 3.42. The Morgan fingerprint density at radius 2 is 2.32 bits per heavy atom. The topological polar surface area (TPSA) is 69.6 Å². The van der Waals surface area contributed by atoms with E-state index < -0.39 is 12.0 Å². The molecule has 2 N–H and O–H groups in total. The molecule has 2 amide bonds. The number of carbonyl (C=O) groups is 2. The van der Waals surface area contributed by atoms with Gasteiger partial charge in [0.2, 0.25) is 0 Å². The molecule has 0 aromatic carbocycles. The Labute approximate surface area is 120 Å². The molecule has 1 aliphatic heterocycles. The van der Waals surface area contributed by atoms with E-state index in [-0.39, 0.29) is 6.03 Å². The maximum atomic E-state index is 12.1. The number of carboxylic acids is 1. The summed E-state index contributed by atoms with van der Waals surface area (Å²) < 4.78 is 0. The minimum absolute atomic E-state index is 0.293. The fraction of sp³-hybridized carbons (Fsp3) is 0.500. The molecule has 1 fully saturated rings. The van der Waals surface area contributed by atoms with E-state index in [0.717, 1.165) is 16.9 Å². The van der Waals surface area contributed by atoms with Gasteiger partial charge in [0, 0.05) is 24.6 Å². The Morgan fingerprint density at radius 1 is 1.53 bits per heavy atom. The van der Waals surface area contributed by atoms with Crippen molar-refractivity contribution >= 4 is 35.1 Å². The summed E-state index contributed by atoms with van der Waals surface area (Å²) in [5.74, 6) is 0.309.